The van der Waals surface area contributed by atoms with E-state index in [0.29, 0.717) is 0 Å². The van der Waals surface area contributed by atoms with Gasteiger partial charge >= 0.3 is 0 Å². The van der Waals surface area contributed by atoms with Gasteiger partial charge in [-0.25, -0.2) is 0 Å². The van der Waals surface area contributed by atoms with Crippen LogP contribution in [-0.4, -0.2) is 13.1 Å². The van der Waals surface area contributed by atoms with Crippen molar-refractivity contribution in [1.82, 2.24) is 5.32 Å². The Kier molecular flexibility index (Phi) is 8.11. The molecule has 1 unspecified atom stereocenters. The van der Waals surface area contributed by atoms with E-state index in [0.717, 1.165) is 24.9 Å². The topological polar surface area (TPSA) is 12.0 Å². The van der Waals surface area contributed by atoms with Crippen LogP contribution in [0.25, 0.3) is 0 Å². The molecule has 0 aliphatic carbocycles. The molecule has 0 radical (unpaired) electrons. The summed E-state index contributed by atoms with van der Waals surface area (Å²) in [4.78, 5) is 0. The zero-order chi connectivity index (χ0) is 10.1. The van der Waals surface area contributed by atoms with Crippen LogP contribution in [0.1, 0.15) is 40.5 Å². The second-order valence-corrected chi connectivity index (χ2v) is 4.13. The summed E-state index contributed by atoms with van der Waals surface area (Å²) in [7, 11) is 0. The maximum atomic E-state index is 3.50. The van der Waals surface area contributed by atoms with Crippen LogP contribution in [0.4, 0.5) is 0 Å². The number of hydrogen-bond donors (Lipinski definition) is 1. The van der Waals surface area contributed by atoms with Crippen LogP contribution in [0, 0.1) is 11.8 Å². The minimum atomic E-state index is 0.730. The van der Waals surface area contributed by atoms with Crippen molar-refractivity contribution < 1.29 is 0 Å². The Labute approximate surface area is 83.6 Å². The molecule has 78 valence electrons. The Bertz CT molecular complexity index is 127. The average molecular weight is 183 g/mol. The summed E-state index contributed by atoms with van der Waals surface area (Å²) >= 11 is 0. The van der Waals surface area contributed by atoms with E-state index in [4.69, 9.17) is 0 Å². The minimum Gasteiger partial charge on any atom is -0.316 e. The predicted octanol–water partition coefficient (Wildman–Crippen LogP) is 3.22. The predicted molar refractivity (Wildman–Crippen MR) is 60.9 cm³/mol. The van der Waals surface area contributed by atoms with Crippen LogP contribution in [0.2, 0.25) is 0 Å². The average Bonchev–Trinajstić information content (AvgIpc) is 2.04. The van der Waals surface area contributed by atoms with Gasteiger partial charge < -0.3 is 5.32 Å². The highest BCUT2D eigenvalue weighted by atomic mass is 14.9. The maximum Gasteiger partial charge on any atom is 0.00143 e. The quantitative estimate of drug-likeness (QED) is 0.598. The first-order valence-electron chi connectivity index (χ1n) is 5.54. The molecule has 1 N–H and O–H groups in total. The standard InChI is InChI=1S/C12H25N/c1-5-7-12(8-6-2)10-13-9-11(3)4/h5,7,11-13H,6,8-10H2,1-4H3/b7-5-. The Hall–Kier alpha value is -0.300. The van der Waals surface area contributed by atoms with E-state index in [1.807, 2.05) is 0 Å². The molecule has 0 aliphatic heterocycles. The number of hydrogen-bond acceptors (Lipinski definition) is 1. The Morgan fingerprint density at radius 2 is 1.92 bits per heavy atom. The van der Waals surface area contributed by atoms with Crippen LogP contribution in [0.15, 0.2) is 12.2 Å². The zero-order valence-corrected chi connectivity index (χ0v) is 9.64. The SMILES string of the molecule is C/C=C\C(CCC)CNCC(C)C. The summed E-state index contributed by atoms with van der Waals surface area (Å²) in [5.41, 5.74) is 0. The van der Waals surface area contributed by atoms with Gasteiger partial charge in [-0.1, -0.05) is 39.3 Å². The molecular weight excluding hydrogens is 158 g/mol. The van der Waals surface area contributed by atoms with Crippen molar-refractivity contribution in [3.05, 3.63) is 12.2 Å². The molecule has 0 spiro atoms. The summed E-state index contributed by atoms with van der Waals surface area (Å²) in [5, 5.41) is 3.50. The molecule has 0 heterocycles. The smallest absolute Gasteiger partial charge is 0.00143 e. The molecule has 1 atom stereocenters. The largest absolute Gasteiger partial charge is 0.316 e. The van der Waals surface area contributed by atoms with Gasteiger partial charge in [0.2, 0.25) is 0 Å². The van der Waals surface area contributed by atoms with Crippen molar-refractivity contribution in [2.24, 2.45) is 11.8 Å². The molecule has 0 aliphatic rings. The van der Waals surface area contributed by atoms with Gasteiger partial charge in [0.25, 0.3) is 0 Å². The molecule has 0 aromatic rings. The van der Waals surface area contributed by atoms with Crippen LogP contribution >= 0.6 is 0 Å². The highest BCUT2D eigenvalue weighted by Gasteiger charge is 2.02. The monoisotopic (exact) mass is 183 g/mol. The molecule has 0 bridgehead atoms. The van der Waals surface area contributed by atoms with Crippen LogP contribution in [-0.2, 0) is 0 Å². The summed E-state index contributed by atoms with van der Waals surface area (Å²) in [6.07, 6.45) is 7.06. The van der Waals surface area contributed by atoms with Gasteiger partial charge in [0, 0.05) is 6.54 Å². The Morgan fingerprint density at radius 1 is 1.23 bits per heavy atom. The lowest BCUT2D eigenvalue weighted by Crippen LogP contribution is -2.25. The number of nitrogens with one attached hydrogen (secondary N) is 1. The van der Waals surface area contributed by atoms with E-state index in [9.17, 15) is 0 Å². The highest BCUT2D eigenvalue weighted by Crippen LogP contribution is 2.06. The van der Waals surface area contributed by atoms with E-state index in [2.05, 4.69) is 45.2 Å². The maximum absolute atomic E-state index is 3.50. The third-order valence-corrected chi connectivity index (χ3v) is 2.08. The fourth-order valence-electron chi connectivity index (χ4n) is 1.47. The van der Waals surface area contributed by atoms with Gasteiger partial charge in [-0.15, -0.1) is 0 Å². The van der Waals surface area contributed by atoms with E-state index >= 15 is 0 Å². The second kappa shape index (κ2) is 8.31. The number of allylic oxidation sites excluding steroid dienone is 1. The molecule has 1 nitrogen and oxygen atoms in total. The fraction of sp³-hybridized carbons (Fsp3) is 0.833. The summed E-state index contributed by atoms with van der Waals surface area (Å²) in [6.45, 7) is 11.1. The number of rotatable bonds is 7. The van der Waals surface area contributed by atoms with Crippen molar-refractivity contribution in [3.63, 3.8) is 0 Å². The van der Waals surface area contributed by atoms with Gasteiger partial charge in [-0.05, 0) is 31.7 Å². The molecular formula is C12H25N. The first-order chi connectivity index (χ1) is 6.20. The van der Waals surface area contributed by atoms with Gasteiger partial charge in [0.1, 0.15) is 0 Å². The van der Waals surface area contributed by atoms with Crippen molar-refractivity contribution in [2.45, 2.75) is 40.5 Å². The lowest BCUT2D eigenvalue weighted by atomic mass is 10.0. The molecule has 0 aromatic heterocycles. The summed E-state index contributed by atoms with van der Waals surface area (Å²) in [6, 6.07) is 0. The van der Waals surface area contributed by atoms with E-state index in [1.54, 1.807) is 0 Å². The Balaban J connectivity index is 3.56. The summed E-state index contributed by atoms with van der Waals surface area (Å²) in [5.74, 6) is 1.49. The molecule has 1 heteroatoms. The van der Waals surface area contributed by atoms with Gasteiger partial charge in [0.15, 0.2) is 0 Å². The van der Waals surface area contributed by atoms with Crippen LogP contribution in [0.3, 0.4) is 0 Å². The molecule has 0 rings (SSSR count). The molecule has 13 heavy (non-hydrogen) atoms. The molecule has 0 fully saturated rings. The highest BCUT2D eigenvalue weighted by molar-refractivity contribution is 4.86. The molecule has 0 amide bonds. The van der Waals surface area contributed by atoms with Crippen molar-refractivity contribution >= 4 is 0 Å². The normalized spacial score (nSPS) is 14.2. The zero-order valence-electron chi connectivity index (χ0n) is 9.64. The van der Waals surface area contributed by atoms with E-state index in [1.165, 1.54) is 12.8 Å². The van der Waals surface area contributed by atoms with Crippen molar-refractivity contribution in [2.75, 3.05) is 13.1 Å². The van der Waals surface area contributed by atoms with Gasteiger partial charge in [0.05, 0.1) is 0 Å². The first kappa shape index (κ1) is 12.7. The van der Waals surface area contributed by atoms with Crippen LogP contribution in [0.5, 0.6) is 0 Å². The fourth-order valence-corrected chi connectivity index (χ4v) is 1.47. The molecule has 0 saturated carbocycles. The van der Waals surface area contributed by atoms with E-state index < -0.39 is 0 Å². The van der Waals surface area contributed by atoms with Gasteiger partial charge in [-0.3, -0.25) is 0 Å². The van der Waals surface area contributed by atoms with E-state index in [-0.39, 0.29) is 0 Å². The third kappa shape index (κ3) is 8.04. The Morgan fingerprint density at radius 3 is 2.38 bits per heavy atom. The second-order valence-electron chi connectivity index (χ2n) is 4.13. The minimum absolute atomic E-state index is 0.730. The third-order valence-electron chi connectivity index (χ3n) is 2.08. The molecule has 0 aromatic carbocycles. The van der Waals surface area contributed by atoms with Crippen molar-refractivity contribution in [3.8, 4) is 0 Å². The summed E-state index contributed by atoms with van der Waals surface area (Å²) < 4.78 is 0. The lowest BCUT2D eigenvalue weighted by molar-refractivity contribution is 0.480. The lowest BCUT2D eigenvalue weighted by Gasteiger charge is -2.13. The first-order valence-corrected chi connectivity index (χ1v) is 5.54. The van der Waals surface area contributed by atoms with Crippen molar-refractivity contribution in [1.29, 1.82) is 0 Å². The molecule has 0 saturated heterocycles. The van der Waals surface area contributed by atoms with Gasteiger partial charge in [-0.2, -0.15) is 0 Å². The van der Waals surface area contributed by atoms with Crippen LogP contribution < -0.4 is 5.32 Å².